The first-order valence-corrected chi connectivity index (χ1v) is 10.9. The Hall–Kier alpha value is -3.96. The minimum Gasteiger partial charge on any atom is -0.507 e. The van der Waals surface area contributed by atoms with Crippen molar-refractivity contribution in [1.82, 2.24) is 19.1 Å². The van der Waals surface area contributed by atoms with Gasteiger partial charge in [0.1, 0.15) is 23.1 Å². The smallest absolute Gasteiger partial charge is 0.143 e. The quantitative estimate of drug-likeness (QED) is 0.283. The van der Waals surface area contributed by atoms with Crippen LogP contribution in [0.5, 0.6) is 11.5 Å². The first kappa shape index (κ1) is 24.2. The molecule has 0 aliphatic heterocycles. The minimum absolute atomic E-state index is 0. The predicted octanol–water partition coefficient (Wildman–Crippen LogP) is 5.89. The molecule has 35 heavy (non-hydrogen) atoms. The summed E-state index contributed by atoms with van der Waals surface area (Å²) in [5.74, 6) is 2.07. The fraction of sp³-hybridized carbons (Fsp3) is 0.0714. The molecule has 0 radical (unpaired) electrons. The molecular weight excluding hydrogens is 490 g/mol. The van der Waals surface area contributed by atoms with E-state index >= 15 is 0 Å². The molecule has 170 valence electrons. The van der Waals surface area contributed by atoms with E-state index in [1.165, 1.54) is 0 Å². The summed E-state index contributed by atoms with van der Waals surface area (Å²) >= 11 is 0. The zero-order chi connectivity index (χ0) is 23.7. The van der Waals surface area contributed by atoms with Crippen molar-refractivity contribution in [1.29, 1.82) is 0 Å². The second kappa shape index (κ2) is 10.1. The van der Waals surface area contributed by atoms with Crippen molar-refractivity contribution in [2.45, 2.75) is 0 Å². The Morgan fingerprint density at radius 1 is 0.571 bits per heavy atom. The molecule has 2 aromatic heterocycles. The van der Waals surface area contributed by atoms with Crippen LogP contribution in [0.25, 0.3) is 44.3 Å². The van der Waals surface area contributed by atoms with Gasteiger partial charge in [0, 0.05) is 58.4 Å². The second-order valence-corrected chi connectivity index (χ2v) is 8.16. The first-order valence-electron chi connectivity index (χ1n) is 10.9. The molecule has 0 amide bonds. The van der Waals surface area contributed by atoms with E-state index in [1.54, 1.807) is 24.5 Å². The van der Waals surface area contributed by atoms with E-state index < -0.39 is 0 Å². The Morgan fingerprint density at radius 2 is 0.914 bits per heavy atom. The van der Waals surface area contributed by atoms with Gasteiger partial charge in [0.05, 0.1) is 11.1 Å². The van der Waals surface area contributed by atoms with Crippen LogP contribution in [-0.4, -0.2) is 29.3 Å². The van der Waals surface area contributed by atoms with Crippen LogP contribution in [0.4, 0.5) is 0 Å². The van der Waals surface area contributed by atoms with Crippen molar-refractivity contribution >= 4 is 21.5 Å². The third-order valence-corrected chi connectivity index (χ3v) is 5.85. The van der Waals surface area contributed by atoms with E-state index in [-0.39, 0.29) is 31.0 Å². The maximum Gasteiger partial charge on any atom is 0.143 e. The van der Waals surface area contributed by atoms with Crippen LogP contribution in [0.1, 0.15) is 0 Å². The molecule has 2 N–H and O–H groups in total. The van der Waals surface area contributed by atoms with Crippen LogP contribution in [0.3, 0.4) is 0 Å². The number of rotatable bonds is 2. The summed E-state index contributed by atoms with van der Waals surface area (Å²) in [4.78, 5) is 8.51. The largest absolute Gasteiger partial charge is 0.507 e. The molecule has 0 atom stereocenters. The second-order valence-electron chi connectivity index (χ2n) is 8.16. The summed E-state index contributed by atoms with van der Waals surface area (Å²) in [5.41, 5.74) is 1.52. The normalized spacial score (nSPS) is 10.6. The van der Waals surface area contributed by atoms with E-state index in [4.69, 9.17) is 0 Å². The van der Waals surface area contributed by atoms with Crippen molar-refractivity contribution in [2.75, 3.05) is 0 Å². The molecule has 4 aromatic carbocycles. The van der Waals surface area contributed by atoms with Crippen molar-refractivity contribution < 1.29 is 29.7 Å². The number of phenolic OH excluding ortho intramolecular Hbond substituents is 2. The number of aromatic nitrogens is 4. The average molecular weight is 514 g/mol. The van der Waals surface area contributed by atoms with Gasteiger partial charge in [-0.3, -0.25) is 0 Å². The summed E-state index contributed by atoms with van der Waals surface area (Å²) in [6.45, 7) is 0. The van der Waals surface area contributed by atoms with Crippen LogP contribution < -0.4 is 0 Å². The number of aromatic hydroxyl groups is 2. The summed E-state index contributed by atoms with van der Waals surface area (Å²) < 4.78 is 3.79. The Balaban J connectivity index is 0.000000160. The predicted molar refractivity (Wildman–Crippen MR) is 136 cm³/mol. The van der Waals surface area contributed by atoms with Crippen LogP contribution in [0.15, 0.2) is 97.6 Å². The van der Waals surface area contributed by atoms with Crippen LogP contribution in [0, 0.1) is 0 Å². The first-order chi connectivity index (χ1) is 16.5. The standard InChI is InChI=1S/2C14H12N2O.Zn/c2*1-16-7-6-15-14(16)12-8-10-4-2-3-5-11(10)9-13(12)17;/h2*2-9,17H,1H3;. The van der Waals surface area contributed by atoms with Gasteiger partial charge in [0.15, 0.2) is 0 Å². The summed E-state index contributed by atoms with van der Waals surface area (Å²) in [6.07, 6.45) is 7.18. The van der Waals surface area contributed by atoms with E-state index in [2.05, 4.69) is 9.97 Å². The average Bonchev–Trinajstić information content (AvgIpc) is 3.46. The van der Waals surface area contributed by atoms with Crippen LogP contribution >= 0.6 is 0 Å². The number of fused-ring (bicyclic) bond motifs is 2. The van der Waals surface area contributed by atoms with Gasteiger partial charge >= 0.3 is 0 Å². The number of imidazole rings is 2. The third kappa shape index (κ3) is 4.82. The number of hydrogen-bond acceptors (Lipinski definition) is 4. The van der Waals surface area contributed by atoms with Crippen molar-refractivity contribution in [2.24, 2.45) is 14.1 Å². The fourth-order valence-electron chi connectivity index (χ4n) is 4.07. The minimum atomic E-state index is 0. The molecule has 7 heteroatoms. The van der Waals surface area contributed by atoms with E-state index in [0.717, 1.165) is 44.3 Å². The molecule has 6 aromatic rings. The third-order valence-electron chi connectivity index (χ3n) is 5.85. The summed E-state index contributed by atoms with van der Waals surface area (Å²) in [5, 5.41) is 24.4. The van der Waals surface area contributed by atoms with Gasteiger partial charge in [-0.15, -0.1) is 0 Å². The molecule has 0 saturated heterocycles. The number of aryl methyl sites for hydroxylation is 2. The number of hydrogen-bond donors (Lipinski definition) is 2. The number of nitrogens with zero attached hydrogens (tertiary/aromatic N) is 4. The maximum absolute atomic E-state index is 10.1. The SMILES string of the molecule is Cn1ccnc1-c1cc2ccccc2cc1O.Cn1ccnc1-c1cc2ccccc2cc1O.[Zn]. The molecule has 0 fully saturated rings. The van der Waals surface area contributed by atoms with Crippen molar-refractivity contribution in [3.05, 3.63) is 97.6 Å². The molecule has 2 heterocycles. The van der Waals surface area contributed by atoms with Crippen molar-refractivity contribution in [3.63, 3.8) is 0 Å². The maximum atomic E-state index is 10.1. The van der Waals surface area contributed by atoms with Crippen LogP contribution in [0.2, 0.25) is 0 Å². The molecular formula is C28H24N4O2Zn. The van der Waals surface area contributed by atoms with E-state index in [1.807, 2.05) is 96.3 Å². The molecule has 0 aliphatic rings. The fourth-order valence-corrected chi connectivity index (χ4v) is 4.07. The van der Waals surface area contributed by atoms with Gasteiger partial charge in [-0.05, 0) is 45.8 Å². The summed E-state index contributed by atoms with van der Waals surface area (Å²) in [7, 11) is 3.83. The Morgan fingerprint density at radius 3 is 1.23 bits per heavy atom. The van der Waals surface area contributed by atoms with Gasteiger partial charge in [-0.2, -0.15) is 0 Å². The Kier molecular flexibility index (Phi) is 6.99. The Bertz CT molecular complexity index is 1500. The van der Waals surface area contributed by atoms with Gasteiger partial charge in [0.25, 0.3) is 0 Å². The summed E-state index contributed by atoms with van der Waals surface area (Å²) in [6, 6.07) is 23.4. The molecule has 6 rings (SSSR count). The molecule has 0 unspecified atom stereocenters. The van der Waals surface area contributed by atoms with Crippen LogP contribution in [-0.2, 0) is 33.6 Å². The Labute approximate surface area is 215 Å². The van der Waals surface area contributed by atoms with Gasteiger partial charge in [0.2, 0.25) is 0 Å². The zero-order valence-corrected chi connectivity index (χ0v) is 22.6. The van der Waals surface area contributed by atoms with E-state index in [9.17, 15) is 10.2 Å². The van der Waals surface area contributed by atoms with Crippen molar-refractivity contribution in [3.8, 4) is 34.3 Å². The zero-order valence-electron chi connectivity index (χ0n) is 19.6. The monoisotopic (exact) mass is 512 g/mol. The number of phenols is 2. The molecule has 0 bridgehead atoms. The van der Waals surface area contributed by atoms with E-state index in [0.29, 0.717) is 0 Å². The molecule has 6 nitrogen and oxygen atoms in total. The van der Waals surface area contributed by atoms with Gasteiger partial charge in [-0.1, -0.05) is 48.5 Å². The van der Waals surface area contributed by atoms with Gasteiger partial charge < -0.3 is 19.3 Å². The molecule has 0 saturated carbocycles. The molecule has 0 spiro atoms. The van der Waals surface area contributed by atoms with Gasteiger partial charge in [-0.25, -0.2) is 9.97 Å². The number of benzene rings is 4. The topological polar surface area (TPSA) is 76.1 Å². The molecule has 0 aliphatic carbocycles.